The summed E-state index contributed by atoms with van der Waals surface area (Å²) in [7, 11) is 3.10. The molecule has 0 aliphatic heterocycles. The zero-order valence-electron chi connectivity index (χ0n) is 6.26. The van der Waals surface area contributed by atoms with Crippen LogP contribution in [0.3, 0.4) is 0 Å². The Morgan fingerprint density at radius 2 is 2.33 bits per heavy atom. The summed E-state index contributed by atoms with van der Waals surface area (Å²) >= 11 is 0. The number of nitro groups is 1. The van der Waals surface area contributed by atoms with Gasteiger partial charge in [0.2, 0.25) is 0 Å². The van der Waals surface area contributed by atoms with Crippen LogP contribution in [0.15, 0.2) is 23.2 Å². The molecule has 1 aromatic rings. The number of pyridine rings is 1. The minimum atomic E-state index is -0.506. The molecule has 0 atom stereocenters. The predicted molar refractivity (Wildman–Crippen MR) is 50.3 cm³/mol. The van der Waals surface area contributed by atoms with E-state index in [-0.39, 0.29) is 5.82 Å². The normalized spacial score (nSPS) is 9.75. The molecule has 0 amide bonds. The maximum Gasteiger partial charge on any atom is 0.363 e. The molecule has 0 saturated heterocycles. The molecule has 4 nitrogen and oxygen atoms in total. The van der Waals surface area contributed by atoms with Crippen LogP contribution in [0.2, 0.25) is 0 Å². The van der Waals surface area contributed by atoms with Crippen molar-refractivity contribution in [2.24, 2.45) is 0 Å². The van der Waals surface area contributed by atoms with Crippen LogP contribution in [0.1, 0.15) is 0 Å². The van der Waals surface area contributed by atoms with E-state index in [1.54, 1.807) is 16.9 Å². The van der Waals surface area contributed by atoms with Gasteiger partial charge in [-0.25, -0.2) is 0 Å². The highest BCUT2D eigenvalue weighted by Gasteiger charge is 2.05. The fourth-order valence-corrected chi connectivity index (χ4v) is 1.91. The van der Waals surface area contributed by atoms with Gasteiger partial charge >= 0.3 is 5.82 Å². The van der Waals surface area contributed by atoms with Crippen LogP contribution < -0.4 is 0 Å². The highest BCUT2D eigenvalue weighted by atomic mass is 33.1. The molecule has 6 heteroatoms. The van der Waals surface area contributed by atoms with E-state index in [9.17, 15) is 10.1 Å². The van der Waals surface area contributed by atoms with Crippen LogP contribution in [0.4, 0.5) is 5.82 Å². The highest BCUT2D eigenvalue weighted by Crippen LogP contribution is 2.28. The molecule has 0 N–H and O–H groups in total. The zero-order valence-corrected chi connectivity index (χ0v) is 7.89. The first-order valence-corrected chi connectivity index (χ1v) is 5.61. The van der Waals surface area contributed by atoms with Gasteiger partial charge in [-0.1, -0.05) is 21.6 Å². The third-order valence-corrected chi connectivity index (χ3v) is 2.77. The fraction of sp³-hybridized carbons (Fsp3) is 0.167. The van der Waals surface area contributed by atoms with Crippen molar-refractivity contribution < 1.29 is 4.92 Å². The number of rotatable bonds is 3. The molecule has 0 unspecified atom stereocenters. The average molecular weight is 202 g/mol. The molecule has 0 radical (unpaired) electrons. The van der Waals surface area contributed by atoms with Gasteiger partial charge in [0, 0.05) is 6.07 Å². The Hall–Kier alpha value is -0.750. The van der Waals surface area contributed by atoms with E-state index in [1.165, 1.54) is 23.1 Å². The molecular formula is C6H6N2O2S2. The van der Waals surface area contributed by atoms with Crippen molar-refractivity contribution in [2.75, 3.05) is 6.26 Å². The standard InChI is InChI=1S/C6H6N2O2S2/c1-11-12-5-2-3-6(7-4-5)8(9)10/h2-4H,1H3. The van der Waals surface area contributed by atoms with Crippen LogP contribution >= 0.6 is 21.6 Å². The van der Waals surface area contributed by atoms with E-state index >= 15 is 0 Å². The number of hydrogen-bond donors (Lipinski definition) is 0. The number of aromatic nitrogens is 1. The zero-order chi connectivity index (χ0) is 8.97. The third kappa shape index (κ3) is 2.38. The van der Waals surface area contributed by atoms with Crippen LogP contribution in [-0.2, 0) is 0 Å². The Bertz CT molecular complexity index is 275. The molecule has 64 valence electrons. The number of nitrogens with zero attached hydrogens (tertiary/aromatic N) is 2. The first-order chi connectivity index (χ1) is 5.74. The second-order valence-corrected chi connectivity index (χ2v) is 4.33. The second kappa shape index (κ2) is 4.32. The largest absolute Gasteiger partial charge is 0.363 e. The van der Waals surface area contributed by atoms with Crippen LogP contribution in [-0.4, -0.2) is 16.2 Å². The minimum Gasteiger partial charge on any atom is -0.358 e. The SMILES string of the molecule is CSSc1ccc([N+](=O)[O-])nc1. The summed E-state index contributed by atoms with van der Waals surface area (Å²) in [5.41, 5.74) is 0. The first kappa shape index (κ1) is 9.34. The van der Waals surface area contributed by atoms with Crippen molar-refractivity contribution in [1.82, 2.24) is 4.98 Å². The maximum absolute atomic E-state index is 10.2. The lowest BCUT2D eigenvalue weighted by Gasteiger charge is -1.93. The van der Waals surface area contributed by atoms with E-state index in [0.29, 0.717) is 0 Å². The van der Waals surface area contributed by atoms with Gasteiger partial charge in [0.25, 0.3) is 0 Å². The lowest BCUT2D eigenvalue weighted by atomic mass is 10.5. The molecule has 0 saturated carbocycles. The van der Waals surface area contributed by atoms with Crippen LogP contribution in [0.5, 0.6) is 0 Å². The summed E-state index contributed by atoms with van der Waals surface area (Å²) in [6.07, 6.45) is 3.44. The quantitative estimate of drug-likeness (QED) is 0.428. The smallest absolute Gasteiger partial charge is 0.358 e. The molecule has 0 spiro atoms. The lowest BCUT2D eigenvalue weighted by Crippen LogP contribution is -1.90. The summed E-state index contributed by atoms with van der Waals surface area (Å²) in [5, 5.41) is 10.2. The Morgan fingerprint density at radius 3 is 2.75 bits per heavy atom. The second-order valence-electron chi connectivity index (χ2n) is 1.86. The monoisotopic (exact) mass is 202 g/mol. The third-order valence-electron chi connectivity index (χ3n) is 1.09. The lowest BCUT2D eigenvalue weighted by molar-refractivity contribution is -0.389. The molecule has 0 aliphatic rings. The van der Waals surface area contributed by atoms with Gasteiger partial charge in [0.15, 0.2) is 6.20 Å². The molecular weight excluding hydrogens is 196 g/mol. The Balaban J connectivity index is 2.78. The fourth-order valence-electron chi connectivity index (χ4n) is 0.626. The summed E-state index contributed by atoms with van der Waals surface area (Å²) in [5.74, 6) is -0.111. The molecule has 1 heterocycles. The van der Waals surface area contributed by atoms with Crippen molar-refractivity contribution in [1.29, 1.82) is 0 Å². The van der Waals surface area contributed by atoms with Crippen molar-refractivity contribution in [2.45, 2.75) is 4.90 Å². The molecule has 0 fully saturated rings. The Kier molecular flexibility index (Phi) is 3.36. The minimum absolute atomic E-state index is 0.111. The van der Waals surface area contributed by atoms with Gasteiger partial charge in [-0.3, -0.25) is 0 Å². The summed E-state index contributed by atoms with van der Waals surface area (Å²) in [6, 6.07) is 3.09. The Labute approximate surface area is 77.3 Å². The highest BCUT2D eigenvalue weighted by molar-refractivity contribution is 8.76. The maximum atomic E-state index is 10.2. The molecule has 0 bridgehead atoms. The summed E-state index contributed by atoms with van der Waals surface area (Å²) in [4.78, 5) is 14.3. The summed E-state index contributed by atoms with van der Waals surface area (Å²) < 4.78 is 0. The van der Waals surface area contributed by atoms with Gasteiger partial charge < -0.3 is 10.1 Å². The van der Waals surface area contributed by atoms with E-state index in [4.69, 9.17) is 0 Å². The van der Waals surface area contributed by atoms with Gasteiger partial charge in [-0.15, -0.1) is 0 Å². The molecule has 0 aromatic carbocycles. The van der Waals surface area contributed by atoms with Crippen molar-refractivity contribution in [3.63, 3.8) is 0 Å². The van der Waals surface area contributed by atoms with Gasteiger partial charge in [0.1, 0.15) is 0 Å². The van der Waals surface area contributed by atoms with Crippen LogP contribution in [0.25, 0.3) is 0 Å². The van der Waals surface area contributed by atoms with Crippen molar-refractivity contribution in [3.05, 3.63) is 28.4 Å². The molecule has 1 aromatic heterocycles. The number of hydrogen-bond acceptors (Lipinski definition) is 5. The van der Waals surface area contributed by atoms with Gasteiger partial charge in [0.05, 0.1) is 4.90 Å². The van der Waals surface area contributed by atoms with Gasteiger partial charge in [-0.2, -0.15) is 0 Å². The van der Waals surface area contributed by atoms with E-state index in [0.717, 1.165) is 4.90 Å². The van der Waals surface area contributed by atoms with E-state index in [1.807, 2.05) is 6.26 Å². The summed E-state index contributed by atoms with van der Waals surface area (Å²) in [6.45, 7) is 0. The predicted octanol–water partition coefficient (Wildman–Crippen LogP) is 2.36. The molecule has 1 rings (SSSR count). The first-order valence-electron chi connectivity index (χ1n) is 3.05. The van der Waals surface area contributed by atoms with Crippen molar-refractivity contribution >= 4 is 27.4 Å². The molecule has 0 aliphatic carbocycles. The topological polar surface area (TPSA) is 56.0 Å². The van der Waals surface area contributed by atoms with E-state index in [2.05, 4.69) is 4.98 Å². The Morgan fingerprint density at radius 1 is 1.58 bits per heavy atom. The average Bonchev–Trinajstić information content (AvgIpc) is 2.06. The van der Waals surface area contributed by atoms with Crippen molar-refractivity contribution in [3.8, 4) is 0 Å². The van der Waals surface area contributed by atoms with E-state index < -0.39 is 4.92 Å². The van der Waals surface area contributed by atoms with Gasteiger partial charge in [-0.05, 0) is 22.2 Å². The van der Waals surface area contributed by atoms with Crippen LogP contribution in [0, 0.1) is 10.1 Å². The molecule has 12 heavy (non-hydrogen) atoms.